The SMILES string of the molecule is CCCCCCCCc1ccc(OCCOCCOCCOCCOCCOCCOCCOCCOCCOCCOCCOCCBr)cc1. The molecule has 0 N–H and O–H groups in total. The van der Waals surface area contributed by atoms with Gasteiger partial charge in [0.25, 0.3) is 0 Å². The molecule has 0 aliphatic heterocycles. The summed E-state index contributed by atoms with van der Waals surface area (Å²) < 4.78 is 66.0. The molecule has 0 unspecified atom stereocenters. The van der Waals surface area contributed by atoms with E-state index in [4.69, 9.17) is 56.8 Å². The predicted molar refractivity (Wildman–Crippen MR) is 202 cm³/mol. The van der Waals surface area contributed by atoms with E-state index in [1.807, 2.05) is 0 Å². The van der Waals surface area contributed by atoms with Crippen LogP contribution in [0.5, 0.6) is 5.75 Å². The van der Waals surface area contributed by atoms with Crippen LogP contribution in [0.2, 0.25) is 0 Å². The zero-order valence-corrected chi connectivity index (χ0v) is 33.1. The van der Waals surface area contributed by atoms with Gasteiger partial charge in [0.15, 0.2) is 0 Å². The zero-order chi connectivity index (χ0) is 36.4. The van der Waals surface area contributed by atoms with Gasteiger partial charge in [0.05, 0.1) is 145 Å². The number of rotatable bonds is 43. The summed E-state index contributed by atoms with van der Waals surface area (Å²) in [5, 5.41) is 0.838. The normalized spacial score (nSPS) is 11.5. The number of alkyl halides is 1. The maximum atomic E-state index is 5.78. The zero-order valence-electron chi connectivity index (χ0n) is 31.5. The molecule has 1 aromatic carbocycles. The first-order chi connectivity index (χ1) is 25.4. The minimum Gasteiger partial charge on any atom is -0.491 e. The lowest BCUT2D eigenvalue weighted by atomic mass is 10.0. The lowest BCUT2D eigenvalue weighted by Crippen LogP contribution is -2.15. The van der Waals surface area contributed by atoms with Crippen molar-refractivity contribution >= 4 is 15.9 Å². The molecule has 0 saturated heterocycles. The maximum Gasteiger partial charge on any atom is 0.119 e. The van der Waals surface area contributed by atoms with Crippen molar-refractivity contribution in [2.24, 2.45) is 0 Å². The number of benzene rings is 1. The van der Waals surface area contributed by atoms with Gasteiger partial charge in [-0.1, -0.05) is 67.1 Å². The molecule has 0 radical (unpaired) electrons. The molecule has 1 aromatic rings. The number of aryl methyl sites for hydroxylation is 1. The fourth-order valence-electron chi connectivity index (χ4n) is 4.44. The van der Waals surface area contributed by atoms with E-state index in [-0.39, 0.29) is 0 Å². The molecule has 51 heavy (non-hydrogen) atoms. The largest absolute Gasteiger partial charge is 0.491 e. The molecule has 12 nitrogen and oxygen atoms in total. The van der Waals surface area contributed by atoms with Crippen LogP contribution in [0.15, 0.2) is 24.3 Å². The van der Waals surface area contributed by atoms with Gasteiger partial charge in [0, 0.05) is 5.33 Å². The summed E-state index contributed by atoms with van der Waals surface area (Å²) in [4.78, 5) is 0. The maximum absolute atomic E-state index is 5.78. The molecule has 0 fully saturated rings. The number of ether oxygens (including phenoxy) is 12. The Morgan fingerprint density at radius 2 is 0.647 bits per heavy atom. The highest BCUT2D eigenvalue weighted by Gasteiger charge is 1.99. The van der Waals surface area contributed by atoms with Crippen LogP contribution in [0.25, 0.3) is 0 Å². The molecule has 0 aliphatic rings. The van der Waals surface area contributed by atoms with Crippen molar-refractivity contribution in [3.05, 3.63) is 29.8 Å². The molecule has 0 spiro atoms. The van der Waals surface area contributed by atoms with E-state index in [9.17, 15) is 0 Å². The third kappa shape index (κ3) is 37.2. The number of hydrogen-bond donors (Lipinski definition) is 0. The van der Waals surface area contributed by atoms with Crippen LogP contribution in [0.3, 0.4) is 0 Å². The molecule has 0 aliphatic carbocycles. The third-order valence-electron chi connectivity index (χ3n) is 7.18. The second-order valence-electron chi connectivity index (χ2n) is 11.4. The van der Waals surface area contributed by atoms with Crippen molar-refractivity contribution < 1.29 is 56.8 Å². The molecule has 300 valence electrons. The molecule has 0 atom stereocenters. The summed E-state index contributed by atoms with van der Waals surface area (Å²) in [5.74, 6) is 0.886. The Bertz CT molecular complexity index is 793. The van der Waals surface area contributed by atoms with E-state index >= 15 is 0 Å². The van der Waals surface area contributed by atoms with Gasteiger partial charge in [0.1, 0.15) is 12.4 Å². The van der Waals surface area contributed by atoms with E-state index in [2.05, 4.69) is 47.1 Å². The lowest BCUT2D eigenvalue weighted by molar-refractivity contribution is -0.0276. The summed E-state index contributed by atoms with van der Waals surface area (Å²) in [6.45, 7) is 14.6. The summed E-state index contributed by atoms with van der Waals surface area (Å²) in [5.41, 5.74) is 1.38. The Balaban J connectivity index is 1.68. The molecule has 0 amide bonds. The Morgan fingerprint density at radius 3 is 0.980 bits per heavy atom. The van der Waals surface area contributed by atoms with Gasteiger partial charge in [0.2, 0.25) is 0 Å². The fourth-order valence-corrected chi connectivity index (χ4v) is 4.66. The molecule has 0 bridgehead atoms. The van der Waals surface area contributed by atoms with E-state index < -0.39 is 0 Å². The Morgan fingerprint density at radius 1 is 0.353 bits per heavy atom. The van der Waals surface area contributed by atoms with Crippen molar-refractivity contribution in [3.63, 3.8) is 0 Å². The van der Waals surface area contributed by atoms with Crippen molar-refractivity contribution in [1.29, 1.82) is 0 Å². The number of unbranched alkanes of at least 4 members (excludes halogenated alkanes) is 5. The van der Waals surface area contributed by atoms with Crippen LogP contribution in [-0.4, -0.2) is 157 Å². The molecule has 0 heterocycles. The third-order valence-corrected chi connectivity index (χ3v) is 7.50. The summed E-state index contributed by atoms with van der Waals surface area (Å²) in [6.07, 6.45) is 9.09. The highest BCUT2D eigenvalue weighted by molar-refractivity contribution is 9.09. The lowest BCUT2D eigenvalue weighted by Gasteiger charge is -2.09. The molecule has 0 aromatic heterocycles. The fraction of sp³-hybridized carbons (Fsp3) is 0.842. The first-order valence-corrected chi connectivity index (χ1v) is 20.1. The standard InChI is InChI=1S/C38H69BrO12/c1-2-3-4-5-6-7-8-37-9-11-38(12-10-37)51-36-35-50-34-33-49-32-31-48-30-29-47-28-27-46-26-25-45-24-23-44-22-21-43-20-19-42-18-17-41-16-15-40-14-13-39/h9-12H,2-8,13-36H2,1H3. The summed E-state index contributed by atoms with van der Waals surface area (Å²) >= 11 is 3.30. The van der Waals surface area contributed by atoms with Gasteiger partial charge in [-0.2, -0.15) is 0 Å². The average molecular weight is 798 g/mol. The average Bonchev–Trinajstić information content (AvgIpc) is 3.15. The first-order valence-electron chi connectivity index (χ1n) is 19.0. The number of hydrogen-bond acceptors (Lipinski definition) is 12. The highest BCUT2D eigenvalue weighted by atomic mass is 79.9. The molecular formula is C38H69BrO12. The minimum absolute atomic E-state index is 0.514. The van der Waals surface area contributed by atoms with Gasteiger partial charge >= 0.3 is 0 Å². The van der Waals surface area contributed by atoms with Crippen molar-refractivity contribution in [3.8, 4) is 5.75 Å². The topological polar surface area (TPSA) is 111 Å². The smallest absolute Gasteiger partial charge is 0.119 e. The van der Waals surface area contributed by atoms with E-state index in [1.165, 1.54) is 44.1 Å². The van der Waals surface area contributed by atoms with Crippen LogP contribution in [0.4, 0.5) is 0 Å². The van der Waals surface area contributed by atoms with E-state index in [1.54, 1.807) is 0 Å². The van der Waals surface area contributed by atoms with Crippen molar-refractivity contribution in [2.45, 2.75) is 51.9 Å². The van der Waals surface area contributed by atoms with Crippen molar-refractivity contribution in [2.75, 3.05) is 157 Å². The molecule has 13 heteroatoms. The van der Waals surface area contributed by atoms with Gasteiger partial charge in [-0.25, -0.2) is 0 Å². The second-order valence-corrected chi connectivity index (χ2v) is 12.2. The summed E-state index contributed by atoms with van der Waals surface area (Å²) in [6, 6.07) is 8.44. The van der Waals surface area contributed by atoms with Gasteiger partial charge in [-0.15, -0.1) is 0 Å². The monoisotopic (exact) mass is 796 g/mol. The minimum atomic E-state index is 0.514. The van der Waals surface area contributed by atoms with Gasteiger partial charge in [-0.05, 0) is 30.5 Å². The molecule has 1 rings (SSSR count). The molecule has 0 saturated carbocycles. The Labute approximate surface area is 316 Å². The van der Waals surface area contributed by atoms with Crippen LogP contribution < -0.4 is 4.74 Å². The van der Waals surface area contributed by atoms with Crippen LogP contribution in [0.1, 0.15) is 51.0 Å². The Hall–Kier alpha value is -0.940. The predicted octanol–water partition coefficient (Wildman–Crippen LogP) is 5.55. The van der Waals surface area contributed by atoms with E-state index in [0.29, 0.717) is 152 Å². The Kier molecular flexibility index (Phi) is 39.4. The van der Waals surface area contributed by atoms with E-state index in [0.717, 1.165) is 17.5 Å². The summed E-state index contributed by atoms with van der Waals surface area (Å²) in [7, 11) is 0. The highest BCUT2D eigenvalue weighted by Crippen LogP contribution is 2.15. The van der Waals surface area contributed by atoms with Crippen LogP contribution >= 0.6 is 15.9 Å². The second kappa shape index (κ2) is 41.8. The first kappa shape index (κ1) is 48.1. The van der Waals surface area contributed by atoms with Gasteiger partial charge < -0.3 is 56.8 Å². The van der Waals surface area contributed by atoms with Gasteiger partial charge in [-0.3, -0.25) is 0 Å². The van der Waals surface area contributed by atoms with Crippen LogP contribution in [0, 0.1) is 0 Å². The quantitative estimate of drug-likeness (QED) is 0.0611. The van der Waals surface area contributed by atoms with Crippen LogP contribution in [-0.2, 0) is 58.5 Å². The number of halogens is 1. The molecular weight excluding hydrogens is 728 g/mol. The van der Waals surface area contributed by atoms with Crippen molar-refractivity contribution in [1.82, 2.24) is 0 Å².